The fraction of sp³-hybridized carbons (Fsp3) is 1.00. The summed E-state index contributed by atoms with van der Waals surface area (Å²) < 4.78 is 5.03. The van der Waals surface area contributed by atoms with Gasteiger partial charge < -0.3 is 2.84 Å². The third-order valence-corrected chi connectivity index (χ3v) is 6.11. The van der Waals surface area contributed by atoms with Gasteiger partial charge in [-0.1, -0.05) is 18.6 Å². The van der Waals surface area contributed by atoms with Crippen LogP contribution >= 0.6 is 10.0 Å². The molecule has 40 valence electrons. The first kappa shape index (κ1) is 8.31. The highest BCUT2D eigenvalue weighted by Gasteiger charge is 2.10. The molecule has 0 saturated heterocycles. The summed E-state index contributed by atoms with van der Waals surface area (Å²) in [6, 6.07) is 0. The van der Waals surface area contributed by atoms with Gasteiger partial charge in [-0.25, -0.2) is 10.0 Å². The summed E-state index contributed by atoms with van der Waals surface area (Å²) in [6.45, 7) is 2.13. The molecule has 0 aliphatic heterocycles. The summed E-state index contributed by atoms with van der Waals surface area (Å²) in [7, 11) is 5.72. The second kappa shape index (κ2) is 5.45. The van der Waals surface area contributed by atoms with E-state index in [2.05, 4.69) is 6.92 Å². The highest BCUT2D eigenvalue weighted by Crippen LogP contribution is 1.99. The van der Waals surface area contributed by atoms with Gasteiger partial charge in [0.15, 0.2) is 0 Å². The predicted molar refractivity (Wildman–Crippen MR) is 36.3 cm³/mol. The molecule has 0 atom stereocenters. The summed E-state index contributed by atoms with van der Waals surface area (Å²) in [4.78, 5) is 0. The molecule has 7 heavy (non-hydrogen) atoms. The number of hydrogen-bond donors (Lipinski definition) is 0. The number of halogens is 1. The van der Waals surface area contributed by atoms with Crippen molar-refractivity contribution in [1.29, 1.82) is 0 Å². The van der Waals surface area contributed by atoms with E-state index in [1.807, 2.05) is 0 Å². The topological polar surface area (TPSA) is 9.23 Å². The first-order valence-electron chi connectivity index (χ1n) is 2.48. The molecule has 0 aliphatic rings. The summed E-state index contributed by atoms with van der Waals surface area (Å²) in [5, 5.41) is 1.12. The molecule has 0 rings (SSSR count). The van der Waals surface area contributed by atoms with Gasteiger partial charge in [0, 0.05) is 0 Å². The van der Waals surface area contributed by atoms with Crippen LogP contribution in [0.2, 0.25) is 5.28 Å². The van der Waals surface area contributed by atoms with Crippen LogP contribution in [0.4, 0.5) is 0 Å². The van der Waals surface area contributed by atoms with Crippen LogP contribution in [0.25, 0.3) is 0 Å². The first-order chi connectivity index (χ1) is 3.31. The van der Waals surface area contributed by atoms with Crippen molar-refractivity contribution >= 4 is 40.2 Å². The maximum Gasteiger partial charge on any atom is 0.560 e. The molecule has 0 bridgehead atoms. The molecule has 0 aliphatic carbocycles. The Morgan fingerprint density at radius 1 is 1.86 bits per heavy atom. The van der Waals surface area contributed by atoms with Crippen LogP contribution in [0.3, 0.4) is 0 Å². The minimum absolute atomic E-state index is 0.817. The summed E-state index contributed by atoms with van der Waals surface area (Å²) >= 11 is -0.331. The molecule has 0 amide bonds. The lowest BCUT2D eigenvalue weighted by atomic mass is 10.6. The summed E-state index contributed by atoms with van der Waals surface area (Å²) in [5.74, 6) is 0. The highest BCUT2D eigenvalue weighted by molar-refractivity contribution is 7.04. The van der Waals surface area contributed by atoms with Gasteiger partial charge in [-0.15, -0.1) is 0 Å². The SMILES string of the molecule is CC[CH2][Al]([Cl])[O][AlH2]. The molecule has 0 unspecified atom stereocenters. The van der Waals surface area contributed by atoms with Crippen molar-refractivity contribution in [1.82, 2.24) is 0 Å². The normalized spacial score (nSPS) is 8.86. The van der Waals surface area contributed by atoms with Gasteiger partial charge in [-0.3, -0.25) is 0 Å². The average Bonchev–Trinajstić information content (AvgIpc) is 1.68. The predicted octanol–water partition coefficient (Wildman–Crippen LogP) is 0.688. The van der Waals surface area contributed by atoms with Gasteiger partial charge in [-0.05, 0) is 0 Å². The Kier molecular flexibility index (Phi) is 6.48. The van der Waals surface area contributed by atoms with E-state index >= 15 is 0 Å². The smallest absolute Gasteiger partial charge is 0.560 e. The maximum absolute atomic E-state index is 5.72. The fourth-order valence-corrected chi connectivity index (χ4v) is 2.40. The van der Waals surface area contributed by atoms with Crippen molar-refractivity contribution in [2.24, 2.45) is 0 Å². The van der Waals surface area contributed by atoms with Crippen LogP contribution in [-0.2, 0) is 2.84 Å². The number of rotatable bonds is 3. The Labute approximate surface area is 61.7 Å². The van der Waals surface area contributed by atoms with Crippen molar-refractivity contribution in [2.45, 2.75) is 18.6 Å². The first-order valence-corrected chi connectivity index (χ1v) is 6.33. The van der Waals surface area contributed by atoms with E-state index in [1.54, 1.807) is 0 Å². The largest absolute Gasteiger partial charge is 0.630 e. The molecule has 1 nitrogen and oxygen atoms in total. The third-order valence-electron chi connectivity index (χ3n) is 0.771. The van der Waals surface area contributed by atoms with Gasteiger partial charge in [0.1, 0.15) is 0 Å². The maximum atomic E-state index is 5.72. The minimum Gasteiger partial charge on any atom is -0.630 e. The van der Waals surface area contributed by atoms with Crippen LogP contribution in [0.15, 0.2) is 0 Å². The lowest BCUT2D eigenvalue weighted by Crippen LogP contribution is -2.05. The molecule has 0 radical (unpaired) electrons. The zero-order valence-corrected chi connectivity index (χ0v) is 8.69. The lowest BCUT2D eigenvalue weighted by molar-refractivity contribution is 0.648. The van der Waals surface area contributed by atoms with Crippen molar-refractivity contribution in [3.63, 3.8) is 0 Å². The molecule has 0 spiro atoms. The van der Waals surface area contributed by atoms with E-state index in [0.29, 0.717) is 0 Å². The zero-order valence-electron chi connectivity index (χ0n) is 4.78. The van der Waals surface area contributed by atoms with E-state index in [0.717, 1.165) is 21.9 Å². The van der Waals surface area contributed by atoms with Crippen LogP contribution in [0.1, 0.15) is 13.3 Å². The molecule has 0 heterocycles. The molecule has 0 aromatic rings. The molecule has 0 fully saturated rings. The molecule has 4 heteroatoms. The van der Waals surface area contributed by atoms with Crippen molar-refractivity contribution in [3.8, 4) is 0 Å². The zero-order chi connectivity index (χ0) is 5.70. The quantitative estimate of drug-likeness (QED) is 0.538. The highest BCUT2D eigenvalue weighted by atomic mass is 35.6. The molecular weight excluding hydrogens is 141 g/mol. The van der Waals surface area contributed by atoms with Crippen LogP contribution in [-0.4, -0.2) is 30.2 Å². The lowest BCUT2D eigenvalue weighted by Gasteiger charge is -1.96. The molecule has 0 aromatic heterocycles. The Hall–Kier alpha value is 1.31. The molecular formula is C3H9Al2ClO. The van der Waals surface area contributed by atoms with Gasteiger partial charge in [0.25, 0.3) is 0 Å². The Bertz CT molecular complexity index is 43.9. The van der Waals surface area contributed by atoms with Crippen molar-refractivity contribution in [3.05, 3.63) is 0 Å². The molecule has 0 N–H and O–H groups in total. The van der Waals surface area contributed by atoms with Crippen LogP contribution in [0, 0.1) is 0 Å². The monoisotopic (exact) mass is 150 g/mol. The Morgan fingerprint density at radius 2 is 2.43 bits per heavy atom. The average molecular weight is 151 g/mol. The van der Waals surface area contributed by atoms with Crippen LogP contribution < -0.4 is 0 Å². The summed E-state index contributed by atoms with van der Waals surface area (Å²) in [6.07, 6.45) is 1.17. The van der Waals surface area contributed by atoms with Crippen molar-refractivity contribution in [2.75, 3.05) is 0 Å². The van der Waals surface area contributed by atoms with Gasteiger partial charge >= 0.3 is 30.2 Å². The second-order valence-corrected chi connectivity index (χ2v) is 6.18. The van der Waals surface area contributed by atoms with E-state index in [4.69, 9.17) is 12.9 Å². The molecule has 0 aromatic carbocycles. The Morgan fingerprint density at radius 3 is 2.57 bits per heavy atom. The third kappa shape index (κ3) is 5.18. The fourth-order valence-electron chi connectivity index (χ4n) is 0.345. The van der Waals surface area contributed by atoms with Gasteiger partial charge in [-0.2, -0.15) is 0 Å². The Balaban J connectivity index is 2.83. The summed E-state index contributed by atoms with van der Waals surface area (Å²) in [5.41, 5.74) is 0. The number of hydrogen-bond acceptors (Lipinski definition) is 1. The van der Waals surface area contributed by atoms with E-state index < -0.39 is 13.6 Å². The minimum atomic E-state index is -1.15. The standard InChI is InChI=1S/C3H7.2Al.ClH.O.2H/c1-3-2;;;;;;/h1,3H2,2H3;;;1H;;;/q;;+1;;;;/p-1. The van der Waals surface area contributed by atoms with Crippen LogP contribution in [0.5, 0.6) is 0 Å². The van der Waals surface area contributed by atoms with Gasteiger partial charge in [0.05, 0.1) is 0 Å². The molecule has 0 saturated carbocycles. The van der Waals surface area contributed by atoms with Crippen molar-refractivity contribution < 1.29 is 2.84 Å². The van der Waals surface area contributed by atoms with Gasteiger partial charge in [0.2, 0.25) is 0 Å². The van der Waals surface area contributed by atoms with E-state index in [1.165, 1.54) is 6.42 Å². The van der Waals surface area contributed by atoms with E-state index in [9.17, 15) is 0 Å². The van der Waals surface area contributed by atoms with E-state index in [-0.39, 0.29) is 0 Å². The second-order valence-electron chi connectivity index (χ2n) is 1.43.